The summed E-state index contributed by atoms with van der Waals surface area (Å²) in [6.45, 7) is 5.19. The van der Waals surface area contributed by atoms with E-state index in [2.05, 4.69) is 15.4 Å². The highest BCUT2D eigenvalue weighted by atomic mass is 19.1. The fourth-order valence-corrected chi connectivity index (χ4v) is 3.44. The van der Waals surface area contributed by atoms with Crippen molar-refractivity contribution in [1.82, 2.24) is 14.6 Å². The van der Waals surface area contributed by atoms with E-state index in [-0.39, 0.29) is 11.9 Å². The summed E-state index contributed by atoms with van der Waals surface area (Å²) in [5.41, 5.74) is 2.70. The van der Waals surface area contributed by atoms with E-state index in [1.165, 1.54) is 12.1 Å². The summed E-state index contributed by atoms with van der Waals surface area (Å²) in [7, 11) is 1.73. The van der Waals surface area contributed by atoms with E-state index in [1.54, 1.807) is 23.7 Å². The van der Waals surface area contributed by atoms with Crippen molar-refractivity contribution in [1.29, 1.82) is 0 Å². The molecule has 3 aromatic rings. The molecule has 3 heterocycles. The Bertz CT molecular complexity index is 1100. The summed E-state index contributed by atoms with van der Waals surface area (Å²) in [4.78, 5) is 9.11. The molecule has 7 nitrogen and oxygen atoms in total. The van der Waals surface area contributed by atoms with E-state index >= 15 is 0 Å². The van der Waals surface area contributed by atoms with Gasteiger partial charge in [0.2, 0.25) is 0 Å². The summed E-state index contributed by atoms with van der Waals surface area (Å²) in [5, 5.41) is 7.98. The van der Waals surface area contributed by atoms with Gasteiger partial charge in [0.25, 0.3) is 0 Å². The Kier molecular flexibility index (Phi) is 6.39. The lowest BCUT2D eigenvalue weighted by Gasteiger charge is -2.21. The van der Waals surface area contributed by atoms with E-state index in [0.29, 0.717) is 30.7 Å². The quantitative estimate of drug-likeness (QED) is 0.476. The van der Waals surface area contributed by atoms with Crippen LogP contribution in [0, 0.1) is 5.82 Å². The van der Waals surface area contributed by atoms with Crippen LogP contribution in [0.25, 0.3) is 5.52 Å². The maximum absolute atomic E-state index is 13.5. The van der Waals surface area contributed by atoms with Crippen LogP contribution < -0.4 is 5.32 Å². The molecule has 0 spiro atoms. The third kappa shape index (κ3) is 4.98. The van der Waals surface area contributed by atoms with Crippen LogP contribution in [0.2, 0.25) is 0 Å². The zero-order valence-corrected chi connectivity index (χ0v) is 17.9. The summed E-state index contributed by atoms with van der Waals surface area (Å²) < 4.78 is 27.1. The van der Waals surface area contributed by atoms with Gasteiger partial charge in [-0.15, -0.1) is 5.10 Å². The highest BCUT2D eigenvalue weighted by Gasteiger charge is 2.27. The third-order valence-corrected chi connectivity index (χ3v) is 4.94. The Morgan fingerprint density at radius 1 is 1.32 bits per heavy atom. The maximum atomic E-state index is 13.5. The van der Waals surface area contributed by atoms with Crippen LogP contribution in [0.1, 0.15) is 37.8 Å². The zero-order chi connectivity index (χ0) is 21.8. The highest BCUT2D eigenvalue weighted by molar-refractivity contribution is 6.05. The van der Waals surface area contributed by atoms with Gasteiger partial charge in [-0.1, -0.05) is 17.7 Å². The first kappa shape index (κ1) is 21.1. The Hall–Kier alpha value is -3.10. The van der Waals surface area contributed by atoms with Gasteiger partial charge in [0.15, 0.2) is 11.6 Å². The number of anilines is 1. The smallest absolute Gasteiger partial charge is 0.184 e. The van der Waals surface area contributed by atoms with E-state index < -0.39 is 6.10 Å². The van der Waals surface area contributed by atoms with Gasteiger partial charge in [-0.25, -0.2) is 13.9 Å². The van der Waals surface area contributed by atoms with E-state index in [1.807, 2.05) is 38.3 Å². The molecule has 8 heteroatoms. The Morgan fingerprint density at radius 3 is 2.81 bits per heavy atom. The minimum absolute atomic E-state index is 0.0751. The molecule has 2 aromatic heterocycles. The largest absolute Gasteiger partial charge is 0.379 e. The Labute approximate surface area is 180 Å². The standard InChI is InChI=1S/C23H26FN5O2/c1-15(2)13-20(25-3)26-22-19-5-4-11-29(19)28-23(27-22)21(31-18-10-12-30-14-18)16-6-8-17(24)9-7-16/h4-9,11,13,18,21H,10,12,14H2,1-3H3,(H,25,26,27,28). The van der Waals surface area contributed by atoms with Gasteiger partial charge in [-0.3, -0.25) is 4.99 Å². The van der Waals surface area contributed by atoms with Crippen molar-refractivity contribution < 1.29 is 13.9 Å². The number of rotatable bonds is 6. The lowest BCUT2D eigenvalue weighted by atomic mass is 10.1. The summed E-state index contributed by atoms with van der Waals surface area (Å²) in [6.07, 6.45) is 3.96. The second-order valence-electron chi connectivity index (χ2n) is 7.67. The number of ether oxygens (including phenoxy) is 2. The molecule has 1 saturated heterocycles. The van der Waals surface area contributed by atoms with Crippen molar-refractivity contribution in [3.05, 3.63) is 71.4 Å². The van der Waals surface area contributed by atoms with Gasteiger partial charge < -0.3 is 14.8 Å². The molecule has 0 bridgehead atoms. The van der Waals surface area contributed by atoms with Gasteiger partial charge >= 0.3 is 0 Å². The van der Waals surface area contributed by atoms with Crippen LogP contribution in [0.3, 0.4) is 0 Å². The fraction of sp³-hybridized carbons (Fsp3) is 0.348. The van der Waals surface area contributed by atoms with Crippen LogP contribution in [0.15, 0.2) is 59.2 Å². The van der Waals surface area contributed by atoms with Crippen molar-refractivity contribution in [2.75, 3.05) is 25.6 Å². The summed E-state index contributed by atoms with van der Waals surface area (Å²) in [6, 6.07) is 10.1. The Morgan fingerprint density at radius 2 is 2.13 bits per heavy atom. The number of benzene rings is 1. The molecule has 2 unspecified atom stereocenters. The number of amidine groups is 1. The van der Waals surface area contributed by atoms with E-state index in [4.69, 9.17) is 14.5 Å². The summed E-state index contributed by atoms with van der Waals surface area (Å²) in [5.74, 6) is 1.47. The van der Waals surface area contributed by atoms with Gasteiger partial charge in [0.05, 0.1) is 12.7 Å². The average Bonchev–Trinajstić information content (AvgIpc) is 3.43. The Balaban J connectivity index is 1.77. The molecule has 0 aliphatic carbocycles. The van der Waals surface area contributed by atoms with Crippen LogP contribution in [0.4, 0.5) is 10.2 Å². The molecule has 1 N–H and O–H groups in total. The lowest BCUT2D eigenvalue weighted by Crippen LogP contribution is -2.22. The fourth-order valence-electron chi connectivity index (χ4n) is 3.44. The lowest BCUT2D eigenvalue weighted by molar-refractivity contribution is -0.00146. The number of hydrogen-bond acceptors (Lipinski definition) is 5. The van der Waals surface area contributed by atoms with Gasteiger partial charge in [0, 0.05) is 19.9 Å². The van der Waals surface area contributed by atoms with Crippen molar-refractivity contribution in [3.63, 3.8) is 0 Å². The maximum Gasteiger partial charge on any atom is 0.184 e. The average molecular weight is 423 g/mol. The summed E-state index contributed by atoms with van der Waals surface area (Å²) >= 11 is 0. The zero-order valence-electron chi connectivity index (χ0n) is 17.9. The number of aliphatic imine (C=N–C) groups is 1. The topological polar surface area (TPSA) is 73.0 Å². The second-order valence-corrected chi connectivity index (χ2v) is 7.67. The first-order valence-corrected chi connectivity index (χ1v) is 10.3. The van der Waals surface area contributed by atoms with Gasteiger partial charge in [0.1, 0.15) is 23.3 Å². The van der Waals surface area contributed by atoms with Gasteiger partial charge in [-0.05, 0) is 56.2 Å². The van der Waals surface area contributed by atoms with E-state index in [9.17, 15) is 4.39 Å². The monoisotopic (exact) mass is 423 g/mol. The molecule has 1 aromatic carbocycles. The van der Waals surface area contributed by atoms with Gasteiger partial charge in [-0.2, -0.15) is 0 Å². The third-order valence-electron chi connectivity index (χ3n) is 4.94. The molecule has 1 fully saturated rings. The highest BCUT2D eigenvalue weighted by Crippen LogP contribution is 2.29. The minimum Gasteiger partial charge on any atom is -0.379 e. The number of aromatic nitrogens is 3. The first-order chi connectivity index (χ1) is 15.0. The van der Waals surface area contributed by atoms with Crippen molar-refractivity contribution in [3.8, 4) is 0 Å². The number of halogens is 1. The molecule has 31 heavy (non-hydrogen) atoms. The van der Waals surface area contributed by atoms with Crippen LogP contribution in [0.5, 0.6) is 0 Å². The SMILES string of the molecule is CN=C(C=C(C)C)Nc1nc(C(OC2CCOC2)c2ccc(F)cc2)nn2cccc12. The molecule has 2 atom stereocenters. The van der Waals surface area contributed by atoms with Crippen LogP contribution in [-0.4, -0.2) is 46.8 Å². The predicted molar refractivity (Wildman–Crippen MR) is 118 cm³/mol. The molecule has 0 saturated carbocycles. The van der Waals surface area contributed by atoms with Crippen molar-refractivity contribution >= 4 is 17.2 Å². The molecular weight excluding hydrogens is 397 g/mol. The molecule has 1 aliphatic rings. The molecule has 1 aliphatic heterocycles. The van der Waals surface area contributed by atoms with E-state index in [0.717, 1.165) is 23.1 Å². The molecular formula is C23H26FN5O2. The molecule has 0 radical (unpaired) electrons. The van der Waals surface area contributed by atoms with Crippen LogP contribution in [-0.2, 0) is 9.47 Å². The number of nitrogens with one attached hydrogen (secondary N) is 1. The molecule has 4 rings (SSSR count). The second kappa shape index (κ2) is 9.36. The number of fused-ring (bicyclic) bond motifs is 1. The number of allylic oxidation sites excluding steroid dienone is 1. The van der Waals surface area contributed by atoms with Crippen LogP contribution >= 0.6 is 0 Å². The molecule has 162 valence electrons. The van der Waals surface area contributed by atoms with Crippen molar-refractivity contribution in [2.45, 2.75) is 32.5 Å². The first-order valence-electron chi connectivity index (χ1n) is 10.3. The number of hydrogen-bond donors (Lipinski definition) is 1. The predicted octanol–water partition coefficient (Wildman–Crippen LogP) is 4.17. The normalized spacial score (nSPS) is 17.7. The van der Waals surface area contributed by atoms with Crippen molar-refractivity contribution in [2.24, 2.45) is 4.99 Å². The number of nitrogens with zero attached hydrogens (tertiary/aromatic N) is 4. The minimum atomic E-state index is -0.565. The molecule has 0 amide bonds.